The van der Waals surface area contributed by atoms with Crippen molar-refractivity contribution in [1.29, 1.82) is 0 Å². The summed E-state index contributed by atoms with van der Waals surface area (Å²) in [6.45, 7) is 5.68. The molecule has 1 aliphatic carbocycles. The Morgan fingerprint density at radius 3 is 2.55 bits per heavy atom. The standard InChI is InChI=1S/C22H26N4O4S/c1-12(2)20-19-16(11-17(14-7-8-14)24-22(19)30-25-20)21(27)23-15-9-6-13(3)18(10-15)31(28,29)26(4)5/h6,9-12,14H,7-8H2,1-5H3,(H,23,27). The Balaban J connectivity index is 1.76. The van der Waals surface area contributed by atoms with Gasteiger partial charge in [-0.25, -0.2) is 17.7 Å². The van der Waals surface area contributed by atoms with E-state index in [9.17, 15) is 13.2 Å². The lowest BCUT2D eigenvalue weighted by molar-refractivity contribution is 0.102. The molecule has 3 aromatic rings. The zero-order chi connectivity index (χ0) is 22.5. The SMILES string of the molecule is Cc1ccc(NC(=O)c2cc(C3CC3)nc3onc(C(C)C)c23)cc1S(=O)(=O)N(C)C. The van der Waals surface area contributed by atoms with Crippen molar-refractivity contribution in [2.75, 3.05) is 19.4 Å². The predicted octanol–water partition coefficient (Wildman–Crippen LogP) is 4.03. The van der Waals surface area contributed by atoms with Crippen LogP contribution in [-0.2, 0) is 10.0 Å². The van der Waals surface area contributed by atoms with Crippen molar-refractivity contribution >= 4 is 32.7 Å². The topological polar surface area (TPSA) is 105 Å². The minimum Gasteiger partial charge on any atom is -0.335 e. The Hall–Kier alpha value is -2.78. The maximum absolute atomic E-state index is 13.3. The Bertz CT molecular complexity index is 1270. The molecule has 0 spiro atoms. The third kappa shape index (κ3) is 3.95. The molecule has 1 fully saturated rings. The lowest BCUT2D eigenvalue weighted by Gasteiger charge is -2.15. The summed E-state index contributed by atoms with van der Waals surface area (Å²) >= 11 is 0. The van der Waals surface area contributed by atoms with Crippen LogP contribution in [0.15, 0.2) is 33.7 Å². The van der Waals surface area contributed by atoms with Crippen molar-refractivity contribution in [3.63, 3.8) is 0 Å². The van der Waals surface area contributed by atoms with E-state index in [1.165, 1.54) is 20.2 Å². The van der Waals surface area contributed by atoms with E-state index in [4.69, 9.17) is 4.52 Å². The molecule has 31 heavy (non-hydrogen) atoms. The first-order chi connectivity index (χ1) is 14.6. The van der Waals surface area contributed by atoms with Crippen LogP contribution in [0.5, 0.6) is 0 Å². The number of carbonyl (C=O) groups excluding carboxylic acids is 1. The monoisotopic (exact) mass is 442 g/mol. The van der Waals surface area contributed by atoms with E-state index >= 15 is 0 Å². The van der Waals surface area contributed by atoms with Gasteiger partial charge < -0.3 is 9.84 Å². The van der Waals surface area contributed by atoms with Crippen molar-refractivity contribution in [1.82, 2.24) is 14.4 Å². The van der Waals surface area contributed by atoms with Gasteiger partial charge in [-0.2, -0.15) is 0 Å². The number of amides is 1. The molecule has 0 saturated heterocycles. The highest BCUT2D eigenvalue weighted by Crippen LogP contribution is 2.41. The quantitative estimate of drug-likeness (QED) is 0.618. The van der Waals surface area contributed by atoms with Crippen LogP contribution in [0.1, 0.15) is 65.8 Å². The van der Waals surface area contributed by atoms with Crippen molar-refractivity contribution in [3.8, 4) is 0 Å². The third-order valence-corrected chi connectivity index (χ3v) is 7.44. The van der Waals surface area contributed by atoms with Gasteiger partial charge in [-0.1, -0.05) is 25.1 Å². The summed E-state index contributed by atoms with van der Waals surface area (Å²) < 4.78 is 31.9. The van der Waals surface area contributed by atoms with E-state index in [0.717, 1.165) is 22.8 Å². The molecule has 0 unspecified atom stereocenters. The van der Waals surface area contributed by atoms with Crippen LogP contribution < -0.4 is 5.32 Å². The highest BCUT2D eigenvalue weighted by molar-refractivity contribution is 7.89. The summed E-state index contributed by atoms with van der Waals surface area (Å²) in [6.07, 6.45) is 2.07. The normalized spacial score (nSPS) is 14.5. The van der Waals surface area contributed by atoms with Gasteiger partial charge in [0.25, 0.3) is 11.6 Å². The molecular formula is C22H26N4O4S. The maximum atomic E-state index is 13.3. The van der Waals surface area contributed by atoms with Gasteiger partial charge >= 0.3 is 0 Å². The van der Waals surface area contributed by atoms with Gasteiger partial charge in [-0.3, -0.25) is 4.79 Å². The Morgan fingerprint density at radius 2 is 1.94 bits per heavy atom. The number of benzene rings is 1. The minimum absolute atomic E-state index is 0.0533. The summed E-state index contributed by atoms with van der Waals surface area (Å²) in [5, 5.41) is 7.60. The summed E-state index contributed by atoms with van der Waals surface area (Å²) in [6, 6.07) is 6.67. The molecule has 1 N–H and O–H groups in total. The van der Waals surface area contributed by atoms with Crippen LogP contribution in [0.3, 0.4) is 0 Å². The van der Waals surface area contributed by atoms with Gasteiger partial charge in [0.15, 0.2) is 0 Å². The smallest absolute Gasteiger partial charge is 0.259 e. The molecule has 0 radical (unpaired) electrons. The van der Waals surface area contributed by atoms with Gasteiger partial charge in [-0.05, 0) is 49.4 Å². The van der Waals surface area contributed by atoms with E-state index < -0.39 is 10.0 Å². The number of fused-ring (bicyclic) bond motifs is 1. The maximum Gasteiger partial charge on any atom is 0.259 e. The van der Waals surface area contributed by atoms with E-state index in [1.54, 1.807) is 19.1 Å². The first-order valence-corrected chi connectivity index (χ1v) is 11.7. The lowest BCUT2D eigenvalue weighted by Crippen LogP contribution is -2.23. The molecule has 1 saturated carbocycles. The van der Waals surface area contributed by atoms with Crippen molar-refractivity contribution in [2.24, 2.45) is 0 Å². The second kappa shape index (κ2) is 7.72. The van der Waals surface area contributed by atoms with E-state index in [-0.39, 0.29) is 16.7 Å². The number of nitrogens with one attached hydrogen (secondary N) is 1. The third-order valence-electron chi connectivity index (χ3n) is 5.48. The van der Waals surface area contributed by atoms with Gasteiger partial charge in [0.1, 0.15) is 0 Å². The van der Waals surface area contributed by atoms with Crippen molar-refractivity contribution in [2.45, 2.75) is 50.3 Å². The zero-order valence-electron chi connectivity index (χ0n) is 18.3. The van der Waals surface area contributed by atoms with Crippen molar-refractivity contribution in [3.05, 3.63) is 46.8 Å². The largest absolute Gasteiger partial charge is 0.335 e. The molecule has 1 aromatic carbocycles. The van der Waals surface area contributed by atoms with Crippen LogP contribution in [0, 0.1) is 6.92 Å². The zero-order valence-corrected chi connectivity index (χ0v) is 19.1. The summed E-state index contributed by atoms with van der Waals surface area (Å²) in [4.78, 5) is 18.0. The van der Waals surface area contributed by atoms with E-state index in [0.29, 0.717) is 39.5 Å². The fraction of sp³-hybridized carbons (Fsp3) is 0.409. The number of sulfonamides is 1. The molecule has 0 aliphatic heterocycles. The molecular weight excluding hydrogens is 416 g/mol. The van der Waals surface area contributed by atoms with Crippen molar-refractivity contribution < 1.29 is 17.7 Å². The number of aryl methyl sites for hydroxylation is 1. The molecule has 2 heterocycles. The number of carbonyl (C=O) groups is 1. The molecule has 4 rings (SSSR count). The Kier molecular flexibility index (Phi) is 5.35. The van der Waals surface area contributed by atoms with Gasteiger partial charge in [0.05, 0.1) is 21.5 Å². The molecule has 0 atom stereocenters. The lowest BCUT2D eigenvalue weighted by atomic mass is 10.0. The van der Waals surface area contributed by atoms with Gasteiger partial charge in [0, 0.05) is 31.4 Å². The van der Waals surface area contributed by atoms with Crippen LogP contribution in [0.25, 0.3) is 11.1 Å². The van der Waals surface area contributed by atoms with E-state index in [1.807, 2.05) is 19.9 Å². The number of anilines is 1. The molecule has 1 aliphatic rings. The Labute approximate surface area is 181 Å². The van der Waals surface area contributed by atoms with Crippen LogP contribution >= 0.6 is 0 Å². The summed E-state index contributed by atoms with van der Waals surface area (Å²) in [5.74, 6) is 0.0359. The number of nitrogens with zero attached hydrogens (tertiary/aromatic N) is 3. The second-order valence-electron chi connectivity index (χ2n) is 8.49. The van der Waals surface area contributed by atoms with E-state index in [2.05, 4.69) is 15.5 Å². The molecule has 0 bridgehead atoms. The molecule has 2 aromatic heterocycles. The highest BCUT2D eigenvalue weighted by Gasteiger charge is 2.30. The number of pyridine rings is 1. The summed E-state index contributed by atoms with van der Waals surface area (Å²) in [5.41, 5.74) is 3.30. The highest BCUT2D eigenvalue weighted by atomic mass is 32.2. The first kappa shape index (κ1) is 21.5. The number of hydrogen-bond donors (Lipinski definition) is 1. The summed E-state index contributed by atoms with van der Waals surface area (Å²) in [7, 11) is -0.680. The average molecular weight is 443 g/mol. The number of hydrogen-bond acceptors (Lipinski definition) is 6. The molecule has 164 valence electrons. The Morgan fingerprint density at radius 1 is 1.23 bits per heavy atom. The predicted molar refractivity (Wildman–Crippen MR) is 118 cm³/mol. The van der Waals surface area contributed by atoms with Crippen LogP contribution in [0.2, 0.25) is 0 Å². The molecule has 1 amide bonds. The fourth-order valence-corrected chi connectivity index (χ4v) is 4.65. The van der Waals surface area contributed by atoms with Gasteiger partial charge in [0.2, 0.25) is 10.0 Å². The fourth-order valence-electron chi connectivity index (χ4n) is 3.50. The molecule has 9 heteroatoms. The molecule has 8 nitrogen and oxygen atoms in total. The second-order valence-corrected chi connectivity index (χ2v) is 10.6. The minimum atomic E-state index is -3.64. The first-order valence-electron chi connectivity index (χ1n) is 10.2. The van der Waals surface area contributed by atoms with Gasteiger partial charge in [-0.15, -0.1) is 0 Å². The average Bonchev–Trinajstić information content (AvgIpc) is 3.47. The number of aromatic nitrogens is 2. The number of rotatable bonds is 6. The van der Waals surface area contributed by atoms with Crippen LogP contribution in [-0.4, -0.2) is 42.9 Å². The van der Waals surface area contributed by atoms with Crippen LogP contribution in [0.4, 0.5) is 5.69 Å².